The Hall–Kier alpha value is -2.69. The lowest BCUT2D eigenvalue weighted by Crippen LogP contribution is -2.38. The lowest BCUT2D eigenvalue weighted by molar-refractivity contribution is -0.123. The van der Waals surface area contributed by atoms with Gasteiger partial charge in [-0.15, -0.1) is 0 Å². The van der Waals surface area contributed by atoms with Crippen LogP contribution in [0.15, 0.2) is 36.4 Å². The summed E-state index contributed by atoms with van der Waals surface area (Å²) >= 11 is 0. The average Bonchev–Trinajstić information content (AvgIpc) is 2.49. The topological polar surface area (TPSA) is 73.6 Å². The number of hydrogen-bond donors (Lipinski definition) is 2. The molecule has 1 heterocycles. The number of anilines is 2. The van der Waals surface area contributed by atoms with Crippen LogP contribution in [0.1, 0.15) is 11.1 Å². The summed E-state index contributed by atoms with van der Waals surface area (Å²) in [4.78, 5) is 12.2. The van der Waals surface area contributed by atoms with E-state index in [1.807, 2.05) is 31.2 Å². The highest BCUT2D eigenvalue weighted by Gasteiger charge is 2.27. The molecular weight excluding hydrogens is 280 g/mol. The highest BCUT2D eigenvalue weighted by Crippen LogP contribution is 2.31. The highest BCUT2D eigenvalue weighted by molar-refractivity contribution is 5.98. The Kier molecular flexibility index (Phi) is 3.63. The van der Waals surface area contributed by atoms with E-state index in [0.717, 1.165) is 11.1 Å². The molecule has 1 amide bonds. The number of nitrogen functional groups attached to an aromatic ring is 1. The lowest BCUT2D eigenvalue weighted by atomic mass is 10.0. The first-order valence-corrected chi connectivity index (χ1v) is 7.07. The third-order valence-corrected chi connectivity index (χ3v) is 3.67. The maximum atomic E-state index is 12.2. The minimum absolute atomic E-state index is 0.147. The zero-order valence-corrected chi connectivity index (χ0v) is 12.6. The third kappa shape index (κ3) is 2.70. The second-order valence-electron chi connectivity index (χ2n) is 5.38. The number of amides is 1. The Morgan fingerprint density at radius 2 is 2.09 bits per heavy atom. The minimum atomic E-state index is -0.568. The van der Waals surface area contributed by atoms with Crippen molar-refractivity contribution in [3.05, 3.63) is 47.5 Å². The van der Waals surface area contributed by atoms with Crippen molar-refractivity contribution in [1.82, 2.24) is 0 Å². The number of carbonyl (C=O) groups is 1. The molecule has 0 bridgehead atoms. The number of fused-ring (bicyclic) bond motifs is 1. The lowest BCUT2D eigenvalue weighted by Gasteiger charge is -2.26. The molecule has 0 aromatic heterocycles. The number of carbonyl (C=O) groups excluding carboxylic acids is 1. The molecule has 3 N–H and O–H groups in total. The summed E-state index contributed by atoms with van der Waals surface area (Å²) in [6, 6.07) is 11.2. The fraction of sp³-hybridized carbons (Fsp3) is 0.235. The smallest absolute Gasteiger partial charge is 0.265 e. The van der Waals surface area contributed by atoms with Gasteiger partial charge in [0.15, 0.2) is 6.10 Å². The molecular formula is C17H18N2O3. The molecule has 1 unspecified atom stereocenters. The largest absolute Gasteiger partial charge is 0.495 e. The van der Waals surface area contributed by atoms with Crippen LogP contribution in [0.25, 0.3) is 0 Å². The van der Waals surface area contributed by atoms with E-state index in [9.17, 15) is 4.79 Å². The summed E-state index contributed by atoms with van der Waals surface area (Å²) in [5.74, 6) is 1.18. The van der Waals surface area contributed by atoms with E-state index in [4.69, 9.17) is 15.2 Å². The van der Waals surface area contributed by atoms with Gasteiger partial charge in [-0.2, -0.15) is 0 Å². The number of rotatable bonds is 3. The number of ether oxygens (including phenoxy) is 2. The van der Waals surface area contributed by atoms with E-state index in [2.05, 4.69) is 5.32 Å². The first-order valence-electron chi connectivity index (χ1n) is 7.07. The molecule has 0 saturated carbocycles. The zero-order valence-electron chi connectivity index (χ0n) is 12.6. The predicted octanol–water partition coefficient (Wildman–Crippen LogP) is 2.53. The number of benzene rings is 2. The first-order chi connectivity index (χ1) is 10.6. The highest BCUT2D eigenvalue weighted by atomic mass is 16.5. The van der Waals surface area contributed by atoms with Gasteiger partial charge in [0.1, 0.15) is 11.5 Å². The van der Waals surface area contributed by atoms with Crippen molar-refractivity contribution in [2.75, 3.05) is 18.2 Å². The Morgan fingerprint density at radius 3 is 2.82 bits per heavy atom. The maximum Gasteiger partial charge on any atom is 0.265 e. The van der Waals surface area contributed by atoms with E-state index in [-0.39, 0.29) is 5.91 Å². The van der Waals surface area contributed by atoms with Crippen LogP contribution in [0, 0.1) is 6.92 Å². The SMILES string of the molecule is COc1ccc(CC2Oc3cc(C)ccc3NC2=O)cc1N. The maximum absolute atomic E-state index is 12.2. The summed E-state index contributed by atoms with van der Waals surface area (Å²) in [6.07, 6.45) is -0.116. The fourth-order valence-electron chi connectivity index (χ4n) is 2.51. The van der Waals surface area contributed by atoms with Gasteiger partial charge in [0.25, 0.3) is 5.91 Å². The first kappa shape index (κ1) is 14.3. The van der Waals surface area contributed by atoms with Crippen molar-refractivity contribution in [2.45, 2.75) is 19.4 Å². The molecule has 5 heteroatoms. The van der Waals surface area contributed by atoms with Crippen LogP contribution in [0.3, 0.4) is 0 Å². The number of methoxy groups -OCH3 is 1. The van der Waals surface area contributed by atoms with Crippen molar-refractivity contribution in [3.63, 3.8) is 0 Å². The summed E-state index contributed by atoms with van der Waals surface area (Å²) in [6.45, 7) is 1.99. The quantitative estimate of drug-likeness (QED) is 0.854. The zero-order chi connectivity index (χ0) is 15.7. The summed E-state index contributed by atoms with van der Waals surface area (Å²) in [5.41, 5.74) is 9.17. The number of nitrogens with one attached hydrogen (secondary N) is 1. The van der Waals surface area contributed by atoms with Gasteiger partial charge in [-0.3, -0.25) is 4.79 Å². The Morgan fingerprint density at radius 1 is 1.27 bits per heavy atom. The Bertz CT molecular complexity index is 728. The molecule has 2 aromatic rings. The van der Waals surface area contributed by atoms with Gasteiger partial charge < -0.3 is 20.5 Å². The molecule has 114 valence electrons. The van der Waals surface area contributed by atoms with Crippen molar-refractivity contribution < 1.29 is 14.3 Å². The number of aryl methyl sites for hydroxylation is 1. The second kappa shape index (κ2) is 5.60. The molecule has 0 aliphatic carbocycles. The van der Waals surface area contributed by atoms with Crippen LogP contribution in [-0.4, -0.2) is 19.1 Å². The summed E-state index contributed by atoms with van der Waals surface area (Å²) < 4.78 is 11.0. The molecule has 2 aromatic carbocycles. The molecule has 0 spiro atoms. The molecule has 22 heavy (non-hydrogen) atoms. The number of hydrogen-bond acceptors (Lipinski definition) is 4. The van der Waals surface area contributed by atoms with Gasteiger partial charge in [0.05, 0.1) is 18.5 Å². The second-order valence-corrected chi connectivity index (χ2v) is 5.38. The van der Waals surface area contributed by atoms with Crippen LogP contribution in [0.4, 0.5) is 11.4 Å². The van der Waals surface area contributed by atoms with E-state index in [1.54, 1.807) is 19.2 Å². The Labute approximate surface area is 129 Å². The molecule has 1 aliphatic rings. The van der Waals surface area contributed by atoms with E-state index >= 15 is 0 Å². The van der Waals surface area contributed by atoms with Crippen molar-refractivity contribution >= 4 is 17.3 Å². The van der Waals surface area contributed by atoms with Gasteiger partial charge in [0.2, 0.25) is 0 Å². The Balaban J connectivity index is 1.81. The average molecular weight is 298 g/mol. The molecule has 0 fully saturated rings. The van der Waals surface area contributed by atoms with Crippen LogP contribution >= 0.6 is 0 Å². The van der Waals surface area contributed by atoms with E-state index in [0.29, 0.717) is 29.3 Å². The molecule has 0 radical (unpaired) electrons. The van der Waals surface area contributed by atoms with Gasteiger partial charge in [-0.25, -0.2) is 0 Å². The van der Waals surface area contributed by atoms with Crippen molar-refractivity contribution in [1.29, 1.82) is 0 Å². The standard InChI is InChI=1S/C17H18N2O3/c1-10-3-5-13-15(7-10)22-16(17(20)19-13)9-11-4-6-14(21-2)12(18)8-11/h3-8,16H,9,18H2,1-2H3,(H,19,20). The molecule has 0 saturated heterocycles. The van der Waals surface area contributed by atoms with Crippen LogP contribution in [0.5, 0.6) is 11.5 Å². The van der Waals surface area contributed by atoms with E-state index in [1.165, 1.54) is 0 Å². The van der Waals surface area contributed by atoms with Crippen LogP contribution in [0.2, 0.25) is 0 Å². The van der Waals surface area contributed by atoms with Crippen LogP contribution in [-0.2, 0) is 11.2 Å². The molecule has 1 aliphatic heterocycles. The van der Waals surface area contributed by atoms with E-state index < -0.39 is 6.10 Å². The van der Waals surface area contributed by atoms with Crippen LogP contribution < -0.4 is 20.5 Å². The predicted molar refractivity (Wildman–Crippen MR) is 85.3 cm³/mol. The minimum Gasteiger partial charge on any atom is -0.495 e. The molecule has 5 nitrogen and oxygen atoms in total. The van der Waals surface area contributed by atoms with Crippen molar-refractivity contribution in [2.24, 2.45) is 0 Å². The summed E-state index contributed by atoms with van der Waals surface area (Å²) in [5, 5.41) is 2.87. The molecule has 1 atom stereocenters. The van der Waals surface area contributed by atoms with Gasteiger partial charge in [0, 0.05) is 6.42 Å². The summed E-state index contributed by atoms with van der Waals surface area (Å²) in [7, 11) is 1.57. The molecule has 3 rings (SSSR count). The van der Waals surface area contributed by atoms with Gasteiger partial charge in [-0.1, -0.05) is 12.1 Å². The normalized spacial score (nSPS) is 16.5. The van der Waals surface area contributed by atoms with Gasteiger partial charge in [-0.05, 0) is 42.3 Å². The van der Waals surface area contributed by atoms with Crippen molar-refractivity contribution in [3.8, 4) is 11.5 Å². The number of nitrogens with two attached hydrogens (primary N) is 1. The fourth-order valence-corrected chi connectivity index (χ4v) is 2.51. The monoisotopic (exact) mass is 298 g/mol. The third-order valence-electron chi connectivity index (χ3n) is 3.67. The van der Waals surface area contributed by atoms with Gasteiger partial charge >= 0.3 is 0 Å².